The van der Waals surface area contributed by atoms with Crippen molar-refractivity contribution in [2.24, 2.45) is 11.1 Å². The standard InChI is InChI=1S/C13H20N2O/c1-10-6-4-5-7-11(10)12(16)15-9-13(2,3)8-14/h4-7H,8-9,14H2,1-3H3,(H,15,16). The third-order valence-electron chi connectivity index (χ3n) is 2.67. The van der Waals surface area contributed by atoms with Crippen molar-refractivity contribution in [2.75, 3.05) is 13.1 Å². The van der Waals surface area contributed by atoms with Crippen LogP contribution in [-0.2, 0) is 0 Å². The summed E-state index contributed by atoms with van der Waals surface area (Å²) in [7, 11) is 0. The second-order valence-corrected chi connectivity index (χ2v) is 4.87. The first-order valence-corrected chi connectivity index (χ1v) is 5.50. The van der Waals surface area contributed by atoms with Crippen molar-refractivity contribution in [1.82, 2.24) is 5.32 Å². The number of hydrogen-bond donors (Lipinski definition) is 2. The Kier molecular flexibility index (Phi) is 4.07. The molecule has 1 aromatic carbocycles. The van der Waals surface area contributed by atoms with Gasteiger partial charge in [0.2, 0.25) is 0 Å². The van der Waals surface area contributed by atoms with Crippen molar-refractivity contribution in [2.45, 2.75) is 20.8 Å². The zero-order chi connectivity index (χ0) is 12.2. The fourth-order valence-electron chi connectivity index (χ4n) is 1.31. The van der Waals surface area contributed by atoms with Gasteiger partial charge < -0.3 is 11.1 Å². The van der Waals surface area contributed by atoms with Crippen LogP contribution in [-0.4, -0.2) is 19.0 Å². The molecule has 1 rings (SSSR count). The maximum absolute atomic E-state index is 11.9. The van der Waals surface area contributed by atoms with Gasteiger partial charge in [0.15, 0.2) is 0 Å². The van der Waals surface area contributed by atoms with Crippen LogP contribution >= 0.6 is 0 Å². The number of amides is 1. The number of nitrogens with one attached hydrogen (secondary N) is 1. The van der Waals surface area contributed by atoms with Crippen LogP contribution < -0.4 is 11.1 Å². The van der Waals surface area contributed by atoms with Crippen molar-refractivity contribution in [3.05, 3.63) is 35.4 Å². The van der Waals surface area contributed by atoms with E-state index < -0.39 is 0 Å². The molecule has 88 valence electrons. The minimum Gasteiger partial charge on any atom is -0.351 e. The second-order valence-electron chi connectivity index (χ2n) is 4.87. The summed E-state index contributed by atoms with van der Waals surface area (Å²) >= 11 is 0. The monoisotopic (exact) mass is 220 g/mol. The lowest BCUT2D eigenvalue weighted by Crippen LogP contribution is -2.38. The average molecular weight is 220 g/mol. The number of carbonyl (C=O) groups excluding carboxylic acids is 1. The van der Waals surface area contributed by atoms with Crippen molar-refractivity contribution < 1.29 is 4.79 Å². The van der Waals surface area contributed by atoms with Crippen molar-refractivity contribution in [3.63, 3.8) is 0 Å². The molecule has 0 saturated heterocycles. The Hall–Kier alpha value is -1.35. The lowest BCUT2D eigenvalue weighted by Gasteiger charge is -2.22. The minimum absolute atomic E-state index is 0.0281. The summed E-state index contributed by atoms with van der Waals surface area (Å²) < 4.78 is 0. The Morgan fingerprint density at radius 1 is 1.38 bits per heavy atom. The van der Waals surface area contributed by atoms with E-state index in [0.717, 1.165) is 11.1 Å². The third kappa shape index (κ3) is 3.35. The quantitative estimate of drug-likeness (QED) is 0.811. The largest absolute Gasteiger partial charge is 0.351 e. The summed E-state index contributed by atoms with van der Waals surface area (Å²) in [6.07, 6.45) is 0. The van der Waals surface area contributed by atoms with Gasteiger partial charge in [-0.15, -0.1) is 0 Å². The molecule has 0 fully saturated rings. The predicted octanol–water partition coefficient (Wildman–Crippen LogP) is 1.71. The summed E-state index contributed by atoms with van der Waals surface area (Å²) in [5, 5.41) is 2.91. The summed E-state index contributed by atoms with van der Waals surface area (Å²) in [6.45, 7) is 7.15. The number of hydrogen-bond acceptors (Lipinski definition) is 2. The number of nitrogens with two attached hydrogens (primary N) is 1. The van der Waals surface area contributed by atoms with E-state index in [4.69, 9.17) is 5.73 Å². The van der Waals surface area contributed by atoms with Gasteiger partial charge in [-0.25, -0.2) is 0 Å². The van der Waals surface area contributed by atoms with Gasteiger partial charge in [-0.3, -0.25) is 4.79 Å². The first-order valence-electron chi connectivity index (χ1n) is 5.50. The van der Waals surface area contributed by atoms with E-state index in [1.807, 2.05) is 45.0 Å². The average Bonchev–Trinajstić information content (AvgIpc) is 2.27. The molecule has 1 aromatic rings. The fraction of sp³-hybridized carbons (Fsp3) is 0.462. The van der Waals surface area contributed by atoms with Gasteiger partial charge in [-0.2, -0.15) is 0 Å². The smallest absolute Gasteiger partial charge is 0.251 e. The van der Waals surface area contributed by atoms with E-state index in [1.165, 1.54) is 0 Å². The SMILES string of the molecule is Cc1ccccc1C(=O)NCC(C)(C)CN. The van der Waals surface area contributed by atoms with Crippen LogP contribution in [0.25, 0.3) is 0 Å². The minimum atomic E-state index is -0.0572. The Morgan fingerprint density at radius 2 is 2.00 bits per heavy atom. The van der Waals surface area contributed by atoms with E-state index in [-0.39, 0.29) is 11.3 Å². The van der Waals surface area contributed by atoms with Gasteiger partial charge in [0.1, 0.15) is 0 Å². The topological polar surface area (TPSA) is 55.1 Å². The first-order chi connectivity index (χ1) is 7.46. The van der Waals surface area contributed by atoms with Crippen LogP contribution in [0.2, 0.25) is 0 Å². The number of carbonyl (C=O) groups is 1. The van der Waals surface area contributed by atoms with Crippen LogP contribution in [0.1, 0.15) is 29.8 Å². The fourth-order valence-corrected chi connectivity index (χ4v) is 1.31. The molecule has 0 radical (unpaired) electrons. The number of aryl methyl sites for hydroxylation is 1. The molecule has 0 aliphatic carbocycles. The van der Waals surface area contributed by atoms with Crippen molar-refractivity contribution >= 4 is 5.91 Å². The normalized spacial score (nSPS) is 11.2. The molecule has 16 heavy (non-hydrogen) atoms. The molecule has 0 spiro atoms. The third-order valence-corrected chi connectivity index (χ3v) is 2.67. The van der Waals surface area contributed by atoms with Crippen LogP contribution in [0.3, 0.4) is 0 Å². The lowest BCUT2D eigenvalue weighted by molar-refractivity contribution is 0.0937. The molecule has 0 heterocycles. The van der Waals surface area contributed by atoms with Gasteiger partial charge in [-0.05, 0) is 30.5 Å². The Bertz CT molecular complexity index is 372. The van der Waals surface area contributed by atoms with Crippen LogP contribution in [0.5, 0.6) is 0 Å². The molecule has 0 unspecified atom stereocenters. The molecule has 0 aliphatic rings. The van der Waals surface area contributed by atoms with Gasteiger partial charge in [0.05, 0.1) is 0 Å². The van der Waals surface area contributed by atoms with Crippen molar-refractivity contribution in [3.8, 4) is 0 Å². The van der Waals surface area contributed by atoms with E-state index >= 15 is 0 Å². The molecule has 3 nitrogen and oxygen atoms in total. The zero-order valence-electron chi connectivity index (χ0n) is 10.2. The van der Waals surface area contributed by atoms with Gasteiger partial charge in [0, 0.05) is 12.1 Å². The molecule has 1 amide bonds. The van der Waals surface area contributed by atoms with E-state index in [1.54, 1.807) is 0 Å². The Balaban J connectivity index is 2.64. The Morgan fingerprint density at radius 3 is 2.56 bits per heavy atom. The van der Waals surface area contributed by atoms with Gasteiger partial charge in [0.25, 0.3) is 5.91 Å². The summed E-state index contributed by atoms with van der Waals surface area (Å²) in [5.74, 6) is -0.0281. The van der Waals surface area contributed by atoms with E-state index in [0.29, 0.717) is 13.1 Å². The summed E-state index contributed by atoms with van der Waals surface area (Å²) in [4.78, 5) is 11.9. The van der Waals surface area contributed by atoms with E-state index in [9.17, 15) is 4.79 Å². The molecule has 0 aliphatic heterocycles. The van der Waals surface area contributed by atoms with Crippen LogP contribution in [0, 0.1) is 12.3 Å². The molecule has 3 heteroatoms. The van der Waals surface area contributed by atoms with Crippen LogP contribution in [0.15, 0.2) is 24.3 Å². The van der Waals surface area contributed by atoms with Gasteiger partial charge in [-0.1, -0.05) is 32.0 Å². The molecular weight excluding hydrogens is 200 g/mol. The summed E-state index contributed by atoms with van der Waals surface area (Å²) in [5.41, 5.74) is 7.28. The first kappa shape index (κ1) is 12.7. The van der Waals surface area contributed by atoms with E-state index in [2.05, 4.69) is 5.32 Å². The molecule has 0 bridgehead atoms. The highest BCUT2D eigenvalue weighted by atomic mass is 16.1. The summed E-state index contributed by atoms with van der Waals surface area (Å²) in [6, 6.07) is 7.56. The Labute approximate surface area is 97.0 Å². The molecular formula is C13H20N2O. The number of rotatable bonds is 4. The van der Waals surface area contributed by atoms with Crippen molar-refractivity contribution in [1.29, 1.82) is 0 Å². The molecule has 0 atom stereocenters. The maximum atomic E-state index is 11.9. The second kappa shape index (κ2) is 5.12. The number of benzene rings is 1. The highest BCUT2D eigenvalue weighted by Crippen LogP contribution is 2.11. The predicted molar refractivity (Wildman–Crippen MR) is 66.3 cm³/mol. The van der Waals surface area contributed by atoms with Gasteiger partial charge >= 0.3 is 0 Å². The molecule has 0 aromatic heterocycles. The molecule has 3 N–H and O–H groups in total. The molecule has 0 saturated carbocycles. The van der Waals surface area contributed by atoms with Crippen LogP contribution in [0.4, 0.5) is 0 Å². The lowest BCUT2D eigenvalue weighted by atomic mass is 9.94. The zero-order valence-corrected chi connectivity index (χ0v) is 10.2. The maximum Gasteiger partial charge on any atom is 0.251 e. The highest BCUT2D eigenvalue weighted by molar-refractivity contribution is 5.95. The highest BCUT2D eigenvalue weighted by Gasteiger charge is 2.17.